The van der Waals surface area contributed by atoms with Crippen LogP contribution in [-0.2, 0) is 39.8 Å². The highest BCUT2D eigenvalue weighted by atomic mass is 19.1. The number of carbonyl (C=O) groups excluding carboxylic acids is 4. The SMILES string of the molecule is CC[C@H](C)[C@@H]([C@@H](CC(=O)N1C[C@H](OC)CC1[C@H](OC)[C@@H](C)C(=O)NCCc1ccc(F)cc1)OC)N(C)C(=O)[C@@H](NC(=O)[C@@H](NC)C(C)C)C(C)C. The molecule has 0 radical (unpaired) electrons. The zero-order chi connectivity index (χ0) is 39.3. The van der Waals surface area contributed by atoms with Crippen LogP contribution < -0.4 is 16.0 Å². The second-order valence-electron chi connectivity index (χ2n) is 14.9. The molecule has 1 aliphatic heterocycles. The van der Waals surface area contributed by atoms with Gasteiger partial charge in [0.2, 0.25) is 23.6 Å². The van der Waals surface area contributed by atoms with Crippen molar-refractivity contribution in [1.29, 1.82) is 0 Å². The molecule has 12 nitrogen and oxygen atoms in total. The highest BCUT2D eigenvalue weighted by Crippen LogP contribution is 2.31. The van der Waals surface area contributed by atoms with Crippen molar-refractivity contribution in [1.82, 2.24) is 25.8 Å². The van der Waals surface area contributed by atoms with Gasteiger partial charge in [-0.05, 0) is 55.3 Å². The third-order valence-corrected chi connectivity index (χ3v) is 10.7. The number of benzene rings is 1. The number of hydrogen-bond donors (Lipinski definition) is 3. The fourth-order valence-electron chi connectivity index (χ4n) is 7.34. The summed E-state index contributed by atoms with van der Waals surface area (Å²) in [6.07, 6.45) is 0.212. The van der Waals surface area contributed by atoms with Gasteiger partial charge in [0.25, 0.3) is 0 Å². The number of carbonyl (C=O) groups is 4. The molecule has 1 aromatic carbocycles. The maximum Gasteiger partial charge on any atom is 0.245 e. The predicted molar refractivity (Wildman–Crippen MR) is 200 cm³/mol. The predicted octanol–water partition coefficient (Wildman–Crippen LogP) is 3.41. The zero-order valence-corrected chi connectivity index (χ0v) is 33.5. The van der Waals surface area contributed by atoms with Crippen molar-refractivity contribution in [3.63, 3.8) is 0 Å². The summed E-state index contributed by atoms with van der Waals surface area (Å²) in [5, 5.41) is 8.98. The molecule has 1 aliphatic rings. The van der Waals surface area contributed by atoms with Gasteiger partial charge in [0.15, 0.2) is 0 Å². The second kappa shape index (κ2) is 21.5. The number of hydrogen-bond acceptors (Lipinski definition) is 8. The van der Waals surface area contributed by atoms with Crippen LogP contribution in [0.15, 0.2) is 24.3 Å². The van der Waals surface area contributed by atoms with Crippen molar-refractivity contribution in [2.24, 2.45) is 23.7 Å². The van der Waals surface area contributed by atoms with Gasteiger partial charge in [0.1, 0.15) is 11.9 Å². The monoisotopic (exact) mass is 735 g/mol. The molecular weight excluding hydrogens is 669 g/mol. The number of amides is 4. The third-order valence-electron chi connectivity index (χ3n) is 10.7. The molecule has 0 saturated carbocycles. The maximum absolute atomic E-state index is 14.3. The van der Waals surface area contributed by atoms with Gasteiger partial charge in [-0.1, -0.05) is 67.0 Å². The van der Waals surface area contributed by atoms with E-state index in [0.717, 1.165) is 12.0 Å². The molecule has 2 rings (SSSR count). The van der Waals surface area contributed by atoms with Crippen LogP contribution in [-0.4, -0.2) is 124 Å². The maximum atomic E-state index is 14.3. The summed E-state index contributed by atoms with van der Waals surface area (Å²) in [6, 6.07) is 4.02. The van der Waals surface area contributed by atoms with Crippen LogP contribution in [0.5, 0.6) is 0 Å². The van der Waals surface area contributed by atoms with Crippen LogP contribution in [0.3, 0.4) is 0 Å². The van der Waals surface area contributed by atoms with E-state index < -0.39 is 42.3 Å². The number of likely N-dealkylation sites (tertiary alicyclic amines) is 1. The molecule has 4 amide bonds. The Bertz CT molecular complexity index is 1280. The fraction of sp³-hybridized carbons (Fsp3) is 0.744. The van der Waals surface area contributed by atoms with Gasteiger partial charge in [0, 0.05) is 41.5 Å². The molecule has 3 N–H and O–H groups in total. The van der Waals surface area contributed by atoms with Crippen molar-refractivity contribution in [2.45, 2.75) is 117 Å². The Labute approximate surface area is 311 Å². The average Bonchev–Trinajstić information content (AvgIpc) is 3.55. The summed E-state index contributed by atoms with van der Waals surface area (Å²) in [7, 11) is 8.13. The molecule has 1 aromatic rings. The van der Waals surface area contributed by atoms with Gasteiger partial charge in [-0.2, -0.15) is 0 Å². The first kappa shape index (κ1) is 45.0. The third kappa shape index (κ3) is 11.9. The van der Waals surface area contributed by atoms with Crippen LogP contribution in [0, 0.1) is 29.5 Å². The smallest absolute Gasteiger partial charge is 0.245 e. The Morgan fingerprint density at radius 3 is 2.06 bits per heavy atom. The number of nitrogens with one attached hydrogen (secondary N) is 3. The average molecular weight is 736 g/mol. The molecule has 1 unspecified atom stereocenters. The van der Waals surface area contributed by atoms with Crippen LogP contribution in [0.2, 0.25) is 0 Å². The lowest BCUT2D eigenvalue weighted by Crippen LogP contribution is -2.59. The molecule has 1 fully saturated rings. The fourth-order valence-corrected chi connectivity index (χ4v) is 7.34. The van der Waals surface area contributed by atoms with Crippen LogP contribution in [0.25, 0.3) is 0 Å². The van der Waals surface area contributed by atoms with Gasteiger partial charge in [-0.25, -0.2) is 4.39 Å². The van der Waals surface area contributed by atoms with E-state index in [1.165, 1.54) is 19.2 Å². The van der Waals surface area contributed by atoms with Gasteiger partial charge in [-0.3, -0.25) is 19.2 Å². The summed E-state index contributed by atoms with van der Waals surface area (Å²) in [5.74, 6) is -2.01. The van der Waals surface area contributed by atoms with Crippen LogP contribution in [0.4, 0.5) is 4.39 Å². The lowest BCUT2D eigenvalue weighted by atomic mass is 9.89. The first-order valence-electron chi connectivity index (χ1n) is 18.7. The zero-order valence-electron chi connectivity index (χ0n) is 33.5. The minimum absolute atomic E-state index is 0.0153. The van der Waals surface area contributed by atoms with E-state index >= 15 is 0 Å². The van der Waals surface area contributed by atoms with Crippen LogP contribution >= 0.6 is 0 Å². The first-order chi connectivity index (χ1) is 24.6. The molecule has 0 aromatic heterocycles. The quantitative estimate of drug-likeness (QED) is 0.175. The number of likely N-dealkylation sites (N-methyl/N-ethyl adjacent to an activating group) is 2. The Morgan fingerprint density at radius 2 is 1.56 bits per heavy atom. The number of ether oxygens (including phenoxy) is 3. The molecule has 9 atom stereocenters. The molecule has 0 aliphatic carbocycles. The largest absolute Gasteiger partial charge is 0.380 e. The normalized spacial score (nSPS) is 20.2. The molecular formula is C39H66FN5O7. The molecule has 1 saturated heterocycles. The summed E-state index contributed by atoms with van der Waals surface area (Å²) in [5.41, 5.74) is 0.905. The van der Waals surface area contributed by atoms with Crippen molar-refractivity contribution < 1.29 is 37.8 Å². The summed E-state index contributed by atoms with van der Waals surface area (Å²) < 4.78 is 30.9. The van der Waals surface area contributed by atoms with E-state index in [0.29, 0.717) is 25.9 Å². The van der Waals surface area contributed by atoms with Gasteiger partial charge in [0.05, 0.1) is 48.8 Å². The topological polar surface area (TPSA) is 139 Å². The van der Waals surface area contributed by atoms with Crippen molar-refractivity contribution >= 4 is 23.6 Å². The van der Waals surface area contributed by atoms with Crippen molar-refractivity contribution in [2.75, 3.05) is 48.5 Å². The summed E-state index contributed by atoms with van der Waals surface area (Å²) >= 11 is 0. The first-order valence-corrected chi connectivity index (χ1v) is 18.7. The lowest BCUT2D eigenvalue weighted by Gasteiger charge is -2.41. The van der Waals surface area contributed by atoms with Gasteiger partial charge < -0.3 is 40.0 Å². The van der Waals surface area contributed by atoms with E-state index in [1.54, 1.807) is 57.2 Å². The molecule has 52 heavy (non-hydrogen) atoms. The highest BCUT2D eigenvalue weighted by Gasteiger charge is 2.45. The molecule has 1 heterocycles. The second-order valence-corrected chi connectivity index (χ2v) is 14.9. The number of nitrogens with zero attached hydrogens (tertiary/aromatic N) is 2. The van der Waals surface area contributed by atoms with Crippen molar-refractivity contribution in [3.05, 3.63) is 35.6 Å². The van der Waals surface area contributed by atoms with E-state index in [4.69, 9.17) is 14.2 Å². The summed E-state index contributed by atoms with van der Waals surface area (Å²) in [6.45, 7) is 14.2. The van der Waals surface area contributed by atoms with Crippen LogP contribution in [0.1, 0.15) is 73.3 Å². The highest BCUT2D eigenvalue weighted by molar-refractivity contribution is 5.90. The molecule has 0 bridgehead atoms. The Hall–Kier alpha value is -3.13. The van der Waals surface area contributed by atoms with E-state index in [2.05, 4.69) is 16.0 Å². The minimum Gasteiger partial charge on any atom is -0.380 e. The van der Waals surface area contributed by atoms with Gasteiger partial charge in [-0.15, -0.1) is 0 Å². The lowest BCUT2D eigenvalue weighted by molar-refractivity contribution is -0.147. The Balaban J connectivity index is 2.27. The van der Waals surface area contributed by atoms with E-state index in [9.17, 15) is 23.6 Å². The summed E-state index contributed by atoms with van der Waals surface area (Å²) in [4.78, 5) is 58.3. The molecule has 13 heteroatoms. The van der Waals surface area contributed by atoms with E-state index in [-0.39, 0.29) is 59.7 Å². The van der Waals surface area contributed by atoms with E-state index in [1.807, 2.05) is 41.5 Å². The van der Waals surface area contributed by atoms with Crippen molar-refractivity contribution in [3.8, 4) is 0 Å². The number of methoxy groups -OCH3 is 3. The molecule has 0 spiro atoms. The minimum atomic E-state index is -0.775. The Kier molecular flexibility index (Phi) is 18.7. The molecule has 296 valence electrons. The standard InChI is InChI=1S/C39H66FN5O7/c1-13-25(6)35(44(9)39(49)34(24(4)5)43-38(48)33(41-8)23(2)3)31(51-11)21-32(46)45-22-29(50-10)20-30(45)36(52-12)26(7)37(47)42-19-18-27-14-16-28(40)17-15-27/h14-17,23-26,29-31,33-36,41H,13,18-22H2,1-12H3,(H,42,47)(H,43,48)/t25-,26+,29+,30?,31+,33-,34-,35-,36+/m0/s1. The Morgan fingerprint density at radius 1 is 0.942 bits per heavy atom. The number of halogens is 1. The van der Waals surface area contributed by atoms with Gasteiger partial charge >= 0.3 is 0 Å². The number of rotatable bonds is 21.